The molecule has 0 fully saturated rings. The fraction of sp³-hybridized carbons (Fsp3) is 0. The van der Waals surface area contributed by atoms with E-state index in [4.69, 9.17) is 0 Å². The second-order valence-corrected chi connectivity index (χ2v) is 5.82. The van der Waals surface area contributed by atoms with E-state index >= 15 is 0 Å². The molecule has 0 bridgehead atoms. The molecule has 5 nitrogen and oxygen atoms in total. The standard InChI is InChI=1S/C14H11N3O2S/c18-20(19,17-14-6-1-2-8-16-14)13-5-3-4-11-10-15-9-7-12(11)13/h1-10H,(H,16,17). The molecule has 0 radical (unpaired) electrons. The van der Waals surface area contributed by atoms with Crippen LogP contribution in [0, 0.1) is 0 Å². The van der Waals surface area contributed by atoms with E-state index in [9.17, 15) is 8.42 Å². The fourth-order valence-corrected chi connectivity index (χ4v) is 3.18. The Bertz CT molecular complexity index is 843. The molecule has 0 aliphatic carbocycles. The summed E-state index contributed by atoms with van der Waals surface area (Å²) >= 11 is 0. The van der Waals surface area contributed by atoms with Gasteiger partial charge < -0.3 is 0 Å². The summed E-state index contributed by atoms with van der Waals surface area (Å²) in [4.78, 5) is 8.17. The number of fused-ring (bicyclic) bond motifs is 1. The molecule has 3 aromatic rings. The first-order chi connectivity index (χ1) is 9.67. The second-order valence-electron chi connectivity index (χ2n) is 4.17. The highest BCUT2D eigenvalue weighted by molar-refractivity contribution is 7.93. The maximum Gasteiger partial charge on any atom is 0.263 e. The second kappa shape index (κ2) is 4.90. The van der Waals surface area contributed by atoms with Crippen molar-refractivity contribution in [1.82, 2.24) is 9.97 Å². The minimum Gasteiger partial charge on any atom is -0.264 e. The van der Waals surface area contributed by atoms with E-state index in [-0.39, 0.29) is 4.90 Å². The van der Waals surface area contributed by atoms with Gasteiger partial charge in [-0.25, -0.2) is 13.4 Å². The minimum atomic E-state index is -3.68. The number of benzene rings is 1. The van der Waals surface area contributed by atoms with Crippen LogP contribution in [0.25, 0.3) is 10.8 Å². The van der Waals surface area contributed by atoms with Gasteiger partial charge in [-0.15, -0.1) is 0 Å². The number of hydrogen-bond donors (Lipinski definition) is 1. The van der Waals surface area contributed by atoms with E-state index in [1.54, 1.807) is 48.8 Å². The molecule has 0 saturated heterocycles. The topological polar surface area (TPSA) is 72.0 Å². The molecule has 100 valence electrons. The molecular formula is C14H11N3O2S. The van der Waals surface area contributed by atoms with E-state index in [2.05, 4.69) is 14.7 Å². The van der Waals surface area contributed by atoms with Crippen LogP contribution >= 0.6 is 0 Å². The Kier molecular flexibility index (Phi) is 3.08. The monoisotopic (exact) mass is 285 g/mol. The predicted octanol–water partition coefficient (Wildman–Crippen LogP) is 2.43. The number of nitrogens with one attached hydrogen (secondary N) is 1. The molecule has 3 rings (SSSR count). The number of pyridine rings is 2. The lowest BCUT2D eigenvalue weighted by atomic mass is 10.2. The molecule has 6 heteroatoms. The summed E-state index contributed by atoms with van der Waals surface area (Å²) in [6, 6.07) is 11.8. The van der Waals surface area contributed by atoms with Gasteiger partial charge >= 0.3 is 0 Å². The third-order valence-electron chi connectivity index (χ3n) is 2.83. The average molecular weight is 285 g/mol. The summed E-state index contributed by atoms with van der Waals surface area (Å²) < 4.78 is 27.4. The molecule has 2 heterocycles. The van der Waals surface area contributed by atoms with Gasteiger partial charge in [0, 0.05) is 29.4 Å². The van der Waals surface area contributed by atoms with Crippen LogP contribution in [0.2, 0.25) is 0 Å². The Labute approximate surface area is 116 Å². The van der Waals surface area contributed by atoms with Gasteiger partial charge in [0.1, 0.15) is 5.82 Å². The first-order valence-electron chi connectivity index (χ1n) is 5.93. The molecule has 0 aliphatic rings. The van der Waals surface area contributed by atoms with Crippen LogP contribution in [-0.4, -0.2) is 18.4 Å². The lowest BCUT2D eigenvalue weighted by Crippen LogP contribution is -2.14. The van der Waals surface area contributed by atoms with E-state index in [0.29, 0.717) is 11.2 Å². The van der Waals surface area contributed by atoms with Crippen molar-refractivity contribution in [3.05, 3.63) is 61.1 Å². The zero-order valence-corrected chi connectivity index (χ0v) is 11.2. The Morgan fingerprint density at radius 3 is 2.65 bits per heavy atom. The van der Waals surface area contributed by atoms with E-state index in [1.807, 2.05) is 6.07 Å². The maximum absolute atomic E-state index is 12.4. The number of nitrogens with zero attached hydrogens (tertiary/aromatic N) is 2. The molecule has 2 aromatic heterocycles. The lowest BCUT2D eigenvalue weighted by molar-refractivity contribution is 0.602. The number of aromatic nitrogens is 2. The quantitative estimate of drug-likeness (QED) is 0.802. The van der Waals surface area contributed by atoms with Gasteiger partial charge in [-0.05, 0) is 24.3 Å². The van der Waals surface area contributed by atoms with Crippen LogP contribution in [0.1, 0.15) is 0 Å². The predicted molar refractivity (Wildman–Crippen MR) is 76.8 cm³/mol. The largest absolute Gasteiger partial charge is 0.264 e. The molecule has 1 aromatic carbocycles. The molecule has 1 N–H and O–H groups in total. The van der Waals surface area contributed by atoms with Crippen LogP contribution in [0.5, 0.6) is 0 Å². The number of rotatable bonds is 3. The van der Waals surface area contributed by atoms with E-state index < -0.39 is 10.0 Å². The normalized spacial score (nSPS) is 11.4. The molecule has 0 saturated carbocycles. The van der Waals surface area contributed by atoms with Gasteiger partial charge in [0.05, 0.1) is 4.90 Å². The third-order valence-corrected chi connectivity index (χ3v) is 4.25. The summed E-state index contributed by atoms with van der Waals surface area (Å²) in [6.45, 7) is 0. The highest BCUT2D eigenvalue weighted by Crippen LogP contribution is 2.23. The molecule has 0 amide bonds. The number of sulfonamides is 1. The van der Waals surface area contributed by atoms with Crippen molar-refractivity contribution in [1.29, 1.82) is 0 Å². The molecule has 0 spiro atoms. The lowest BCUT2D eigenvalue weighted by Gasteiger charge is -2.09. The van der Waals surface area contributed by atoms with Crippen molar-refractivity contribution in [3.8, 4) is 0 Å². The molecular weight excluding hydrogens is 274 g/mol. The highest BCUT2D eigenvalue weighted by atomic mass is 32.2. The Balaban J connectivity index is 2.10. The fourth-order valence-electron chi connectivity index (χ4n) is 1.94. The number of anilines is 1. The Morgan fingerprint density at radius 1 is 0.950 bits per heavy atom. The van der Waals surface area contributed by atoms with Gasteiger partial charge in [0.2, 0.25) is 0 Å². The van der Waals surface area contributed by atoms with Crippen LogP contribution in [0.15, 0.2) is 66.0 Å². The maximum atomic E-state index is 12.4. The molecule has 0 unspecified atom stereocenters. The first-order valence-corrected chi connectivity index (χ1v) is 7.42. The SMILES string of the molecule is O=S(=O)(Nc1ccccn1)c1cccc2cnccc12. The highest BCUT2D eigenvalue weighted by Gasteiger charge is 2.17. The first kappa shape index (κ1) is 12.6. The van der Waals surface area contributed by atoms with Crippen LogP contribution in [0.4, 0.5) is 5.82 Å². The van der Waals surface area contributed by atoms with Crippen molar-refractivity contribution < 1.29 is 8.42 Å². The summed E-state index contributed by atoms with van der Waals surface area (Å²) in [5, 5.41) is 1.40. The Morgan fingerprint density at radius 2 is 1.85 bits per heavy atom. The van der Waals surface area contributed by atoms with Crippen LogP contribution in [-0.2, 0) is 10.0 Å². The smallest absolute Gasteiger partial charge is 0.263 e. The van der Waals surface area contributed by atoms with Crippen LogP contribution < -0.4 is 4.72 Å². The Hall–Kier alpha value is -2.47. The van der Waals surface area contributed by atoms with Crippen LogP contribution in [0.3, 0.4) is 0 Å². The average Bonchev–Trinajstić information content (AvgIpc) is 2.47. The summed E-state index contributed by atoms with van der Waals surface area (Å²) in [6.07, 6.45) is 4.74. The van der Waals surface area contributed by atoms with Crippen molar-refractivity contribution in [2.75, 3.05) is 4.72 Å². The van der Waals surface area contributed by atoms with Gasteiger partial charge in [0.25, 0.3) is 10.0 Å². The summed E-state index contributed by atoms with van der Waals surface area (Å²) in [7, 11) is -3.68. The third kappa shape index (κ3) is 2.33. The molecule has 0 atom stereocenters. The van der Waals surface area contributed by atoms with E-state index in [0.717, 1.165) is 5.39 Å². The van der Waals surface area contributed by atoms with Crippen molar-refractivity contribution >= 4 is 26.6 Å². The van der Waals surface area contributed by atoms with Gasteiger partial charge in [-0.2, -0.15) is 0 Å². The minimum absolute atomic E-state index is 0.211. The van der Waals surface area contributed by atoms with Crippen molar-refractivity contribution in [2.24, 2.45) is 0 Å². The zero-order valence-electron chi connectivity index (χ0n) is 10.4. The number of hydrogen-bond acceptors (Lipinski definition) is 4. The van der Waals surface area contributed by atoms with E-state index in [1.165, 1.54) is 6.20 Å². The van der Waals surface area contributed by atoms with Crippen molar-refractivity contribution in [3.63, 3.8) is 0 Å². The molecule has 0 aliphatic heterocycles. The van der Waals surface area contributed by atoms with Gasteiger partial charge in [-0.3, -0.25) is 9.71 Å². The van der Waals surface area contributed by atoms with Crippen molar-refractivity contribution in [2.45, 2.75) is 4.90 Å². The van der Waals surface area contributed by atoms with Gasteiger partial charge in [-0.1, -0.05) is 18.2 Å². The van der Waals surface area contributed by atoms with Gasteiger partial charge in [0.15, 0.2) is 0 Å². The zero-order chi connectivity index (χ0) is 14.0. The molecule has 20 heavy (non-hydrogen) atoms. The summed E-state index contributed by atoms with van der Waals surface area (Å²) in [5.74, 6) is 0.290. The summed E-state index contributed by atoms with van der Waals surface area (Å²) in [5.41, 5.74) is 0.